The Morgan fingerprint density at radius 1 is 1.18 bits per heavy atom. The number of piperidine rings is 1. The van der Waals surface area contributed by atoms with Gasteiger partial charge in [0, 0.05) is 12.6 Å². The lowest BCUT2D eigenvalue weighted by Crippen LogP contribution is -2.45. The summed E-state index contributed by atoms with van der Waals surface area (Å²) >= 11 is 0. The highest BCUT2D eigenvalue weighted by molar-refractivity contribution is 7.90. The molecule has 1 aliphatic heterocycles. The van der Waals surface area contributed by atoms with Gasteiger partial charge in [0.15, 0.2) is 0 Å². The van der Waals surface area contributed by atoms with Crippen LogP contribution in [0.15, 0.2) is 0 Å². The highest BCUT2D eigenvalue weighted by Gasteiger charge is 2.37. The predicted octanol–water partition coefficient (Wildman–Crippen LogP) is 0.892. The molecule has 0 radical (unpaired) electrons. The third-order valence-electron chi connectivity index (χ3n) is 3.49. The summed E-state index contributed by atoms with van der Waals surface area (Å²) < 4.78 is 38.3. The Kier molecular flexibility index (Phi) is 4.38. The lowest BCUT2D eigenvalue weighted by molar-refractivity contribution is 0.199. The molecule has 0 amide bonds. The summed E-state index contributed by atoms with van der Waals surface area (Å²) in [7, 11) is -3.05. The largest absolute Gasteiger partial charge is 0.303 e. The number of nitrogens with one attached hydrogen (secondary N) is 1. The Labute approximate surface area is 103 Å². The van der Waals surface area contributed by atoms with Crippen LogP contribution in [0.25, 0.3) is 0 Å². The maximum Gasteiger partial charge on any atom is 0.214 e. The summed E-state index contributed by atoms with van der Waals surface area (Å²) in [5.41, 5.74) is 0. The lowest BCUT2D eigenvalue weighted by atomic mass is 10.1. The molecule has 2 rings (SSSR count). The van der Waals surface area contributed by atoms with Crippen molar-refractivity contribution in [1.29, 1.82) is 0 Å². The van der Waals surface area contributed by atoms with Crippen molar-refractivity contribution in [3.63, 3.8) is 0 Å². The van der Waals surface area contributed by atoms with Gasteiger partial charge in [0.25, 0.3) is 0 Å². The summed E-state index contributed by atoms with van der Waals surface area (Å²) in [6, 6.07) is 0.0854. The normalized spacial score (nSPS) is 24.1. The van der Waals surface area contributed by atoms with Gasteiger partial charge in [-0.1, -0.05) is 0 Å². The minimum Gasteiger partial charge on any atom is -0.303 e. The number of nitrogens with zero attached hydrogens (tertiary/aromatic N) is 1. The molecule has 2 aliphatic rings. The number of hydrogen-bond donors (Lipinski definition) is 1. The molecule has 4 nitrogen and oxygen atoms in total. The second-order valence-corrected chi connectivity index (χ2v) is 7.01. The molecule has 1 heterocycles. The maximum atomic E-state index is 12.0. The van der Waals surface area contributed by atoms with Gasteiger partial charge in [-0.2, -0.15) is 0 Å². The van der Waals surface area contributed by atoms with Crippen LogP contribution in [0.2, 0.25) is 0 Å². The van der Waals surface area contributed by atoms with E-state index >= 15 is 0 Å². The molecule has 6 heteroatoms. The first-order valence-corrected chi connectivity index (χ1v) is 7.96. The van der Waals surface area contributed by atoms with Gasteiger partial charge in [-0.15, -0.1) is 0 Å². The number of rotatable bonds is 6. The summed E-state index contributed by atoms with van der Waals surface area (Å²) in [5, 5.41) is -0.132. The standard InChI is InChI=1S/C11H21FN2O2S/c12-6-1-7-14-8-4-10(5-9-14)13-17(15,16)11-2-3-11/h10-11,13H,1-9H2. The molecule has 0 aromatic rings. The van der Waals surface area contributed by atoms with Crippen molar-refractivity contribution < 1.29 is 12.8 Å². The first kappa shape index (κ1) is 13.2. The fourth-order valence-corrected chi connectivity index (χ4v) is 3.91. The Morgan fingerprint density at radius 2 is 1.82 bits per heavy atom. The van der Waals surface area contributed by atoms with Crippen LogP contribution in [-0.4, -0.2) is 50.9 Å². The van der Waals surface area contributed by atoms with Gasteiger partial charge in [-0.05, 0) is 45.2 Å². The number of likely N-dealkylation sites (tertiary alicyclic amines) is 1. The van der Waals surface area contributed by atoms with Gasteiger partial charge in [-0.3, -0.25) is 4.39 Å². The van der Waals surface area contributed by atoms with Gasteiger partial charge in [-0.25, -0.2) is 13.1 Å². The summed E-state index contributed by atoms with van der Waals surface area (Å²) in [6.07, 6.45) is 3.89. The fraction of sp³-hybridized carbons (Fsp3) is 1.00. The van der Waals surface area contributed by atoms with E-state index in [0.717, 1.165) is 45.3 Å². The molecular formula is C11H21FN2O2S. The van der Waals surface area contributed by atoms with E-state index in [1.165, 1.54) is 0 Å². The first-order chi connectivity index (χ1) is 8.12. The van der Waals surface area contributed by atoms with Crippen LogP contribution in [0.1, 0.15) is 32.1 Å². The van der Waals surface area contributed by atoms with Gasteiger partial charge in [0.2, 0.25) is 10.0 Å². The zero-order valence-corrected chi connectivity index (χ0v) is 10.9. The minimum atomic E-state index is -3.05. The summed E-state index contributed by atoms with van der Waals surface area (Å²) in [6.45, 7) is 2.27. The van der Waals surface area contributed by atoms with E-state index in [1.54, 1.807) is 0 Å². The Balaban J connectivity index is 1.71. The molecule has 1 saturated carbocycles. The van der Waals surface area contributed by atoms with E-state index in [4.69, 9.17) is 0 Å². The molecule has 0 spiro atoms. The van der Waals surface area contributed by atoms with Crippen LogP contribution >= 0.6 is 0 Å². The van der Waals surface area contributed by atoms with E-state index in [-0.39, 0.29) is 18.0 Å². The van der Waals surface area contributed by atoms with Crippen LogP contribution in [0.3, 0.4) is 0 Å². The van der Waals surface area contributed by atoms with Crippen LogP contribution in [-0.2, 0) is 10.0 Å². The molecule has 0 aromatic heterocycles. The molecule has 2 fully saturated rings. The topological polar surface area (TPSA) is 49.4 Å². The Hall–Kier alpha value is -0.200. The number of alkyl halides is 1. The molecule has 0 atom stereocenters. The van der Waals surface area contributed by atoms with Crippen molar-refractivity contribution in [3.05, 3.63) is 0 Å². The smallest absolute Gasteiger partial charge is 0.214 e. The lowest BCUT2D eigenvalue weighted by Gasteiger charge is -2.31. The fourth-order valence-electron chi connectivity index (χ4n) is 2.26. The van der Waals surface area contributed by atoms with Crippen LogP contribution < -0.4 is 4.72 Å². The zero-order chi connectivity index (χ0) is 12.3. The van der Waals surface area contributed by atoms with Crippen LogP contribution in [0, 0.1) is 0 Å². The summed E-state index contributed by atoms with van der Waals surface area (Å²) in [5.74, 6) is 0. The number of hydrogen-bond acceptors (Lipinski definition) is 3. The molecule has 0 aromatic carbocycles. The van der Waals surface area contributed by atoms with E-state index in [0.29, 0.717) is 6.42 Å². The second-order valence-electron chi connectivity index (χ2n) is 5.02. The maximum absolute atomic E-state index is 12.0. The minimum absolute atomic E-state index is 0.0854. The molecule has 0 bridgehead atoms. The molecule has 17 heavy (non-hydrogen) atoms. The highest BCUT2D eigenvalue weighted by atomic mass is 32.2. The van der Waals surface area contributed by atoms with Crippen LogP contribution in [0.4, 0.5) is 4.39 Å². The molecule has 100 valence electrons. The van der Waals surface area contributed by atoms with Crippen LogP contribution in [0.5, 0.6) is 0 Å². The molecular weight excluding hydrogens is 243 g/mol. The van der Waals surface area contributed by atoms with Gasteiger partial charge in [0.1, 0.15) is 0 Å². The molecule has 1 aliphatic carbocycles. The molecule has 1 saturated heterocycles. The highest BCUT2D eigenvalue weighted by Crippen LogP contribution is 2.28. The number of halogens is 1. The van der Waals surface area contributed by atoms with Crippen molar-refractivity contribution >= 4 is 10.0 Å². The average molecular weight is 264 g/mol. The SMILES string of the molecule is O=S(=O)(NC1CCN(CCCF)CC1)C1CC1. The van der Waals surface area contributed by atoms with Crippen molar-refractivity contribution in [2.45, 2.75) is 43.4 Å². The number of sulfonamides is 1. The summed E-state index contributed by atoms with van der Waals surface area (Å²) in [4.78, 5) is 2.21. The first-order valence-electron chi connectivity index (χ1n) is 6.41. The van der Waals surface area contributed by atoms with Gasteiger partial charge in [0.05, 0.1) is 11.9 Å². The average Bonchev–Trinajstić information content (AvgIpc) is 3.12. The van der Waals surface area contributed by atoms with Crippen molar-refractivity contribution in [3.8, 4) is 0 Å². The third-order valence-corrected chi connectivity index (χ3v) is 5.50. The molecule has 1 N–H and O–H groups in total. The van der Waals surface area contributed by atoms with E-state index in [2.05, 4.69) is 9.62 Å². The monoisotopic (exact) mass is 264 g/mol. The van der Waals surface area contributed by atoms with Crippen molar-refractivity contribution in [2.75, 3.05) is 26.3 Å². The predicted molar refractivity (Wildman–Crippen MR) is 65.1 cm³/mol. The zero-order valence-electron chi connectivity index (χ0n) is 10.1. The van der Waals surface area contributed by atoms with Crippen molar-refractivity contribution in [1.82, 2.24) is 9.62 Å². The quantitative estimate of drug-likeness (QED) is 0.775. The molecule has 0 unspecified atom stereocenters. The van der Waals surface area contributed by atoms with Gasteiger partial charge >= 0.3 is 0 Å². The van der Waals surface area contributed by atoms with E-state index in [9.17, 15) is 12.8 Å². The van der Waals surface area contributed by atoms with E-state index < -0.39 is 10.0 Å². The Morgan fingerprint density at radius 3 is 2.35 bits per heavy atom. The van der Waals surface area contributed by atoms with Gasteiger partial charge < -0.3 is 4.90 Å². The third kappa shape index (κ3) is 3.89. The second kappa shape index (κ2) is 5.63. The van der Waals surface area contributed by atoms with Crippen molar-refractivity contribution in [2.24, 2.45) is 0 Å². The van der Waals surface area contributed by atoms with E-state index in [1.807, 2.05) is 0 Å². The Bertz CT molecular complexity index is 335.